The fourth-order valence-electron chi connectivity index (χ4n) is 2.48. The van der Waals surface area contributed by atoms with Gasteiger partial charge in [0.2, 0.25) is 0 Å². The summed E-state index contributed by atoms with van der Waals surface area (Å²) in [4.78, 5) is 0. The van der Waals surface area contributed by atoms with Gasteiger partial charge in [-0.1, -0.05) is 0 Å². The predicted octanol–water partition coefficient (Wildman–Crippen LogP) is 2.29. The Morgan fingerprint density at radius 3 is 1.70 bits per heavy atom. The molecule has 0 aliphatic carbocycles. The molecule has 0 aromatic rings. The van der Waals surface area contributed by atoms with Crippen LogP contribution in [0, 0.1) is 0 Å². The quantitative estimate of drug-likeness (QED) is 0.494. The second-order valence-corrected chi connectivity index (χ2v) is 8.36. The zero-order valence-corrected chi connectivity index (χ0v) is 15.6. The van der Waals surface area contributed by atoms with E-state index in [2.05, 4.69) is 10.6 Å². The number of nitrogens with one attached hydrogen (secondary N) is 2. The molecule has 0 spiro atoms. The van der Waals surface area contributed by atoms with E-state index in [4.69, 9.17) is 28.3 Å². The van der Waals surface area contributed by atoms with Gasteiger partial charge in [0.05, 0.1) is 12.2 Å². The first-order chi connectivity index (χ1) is 9.86. The van der Waals surface area contributed by atoms with E-state index >= 15 is 0 Å². The second kappa shape index (κ2) is 13.7. The molecule has 2 saturated heterocycles. The summed E-state index contributed by atoms with van der Waals surface area (Å²) in [5.41, 5.74) is 0. The van der Waals surface area contributed by atoms with Crippen LogP contribution < -0.4 is 10.6 Å². The van der Waals surface area contributed by atoms with Crippen molar-refractivity contribution in [2.45, 2.75) is 44.3 Å². The number of ether oxygens (including phenoxy) is 2. The number of hydrogen-bond donors (Lipinski definition) is 2. The molecule has 2 heterocycles. The summed E-state index contributed by atoms with van der Waals surface area (Å²) in [5.74, 6) is 0. The Bertz CT molecular complexity index is 197. The molecule has 0 bridgehead atoms. The first kappa shape index (κ1) is 19.2. The molecule has 0 aromatic heterocycles. The fraction of sp³-hybridized carbons (Fsp3) is 1.00. The van der Waals surface area contributed by atoms with Crippen LogP contribution in [0.2, 0.25) is 0 Å². The maximum absolute atomic E-state index is 5.55. The number of halogens is 2. The van der Waals surface area contributed by atoms with Crippen molar-refractivity contribution in [3.63, 3.8) is 0 Å². The van der Waals surface area contributed by atoms with Crippen molar-refractivity contribution in [2.75, 3.05) is 39.4 Å². The summed E-state index contributed by atoms with van der Waals surface area (Å²) < 4.78 is 11.1. The zero-order valence-electron chi connectivity index (χ0n) is 11.8. The van der Waals surface area contributed by atoms with Crippen molar-refractivity contribution in [1.82, 2.24) is 10.6 Å². The number of rotatable bonds is 8. The van der Waals surface area contributed by atoms with E-state index in [1.54, 1.807) is 0 Å². The third kappa shape index (κ3) is 9.94. The summed E-state index contributed by atoms with van der Waals surface area (Å²) >= 11 is -0.472. The minimum absolute atomic E-state index is 0.467. The van der Waals surface area contributed by atoms with Crippen LogP contribution in [-0.4, -0.2) is 51.6 Å². The second-order valence-electron chi connectivity index (χ2n) is 5.08. The molecule has 2 aliphatic heterocycles. The predicted molar refractivity (Wildman–Crippen MR) is 80.0 cm³/mol. The van der Waals surface area contributed by atoms with E-state index in [0.29, 0.717) is 12.2 Å². The first-order valence-corrected chi connectivity index (χ1v) is 13.0. The van der Waals surface area contributed by atoms with Crippen molar-refractivity contribution in [3.8, 4) is 0 Å². The van der Waals surface area contributed by atoms with Crippen LogP contribution in [0.25, 0.3) is 0 Å². The van der Waals surface area contributed by atoms with Gasteiger partial charge < -0.3 is 20.1 Å². The first-order valence-electron chi connectivity index (χ1n) is 7.34. The molecule has 0 saturated carbocycles. The van der Waals surface area contributed by atoms with Gasteiger partial charge in [0.25, 0.3) is 0 Å². The van der Waals surface area contributed by atoms with Crippen molar-refractivity contribution >= 4 is 18.8 Å². The molecule has 2 atom stereocenters. The van der Waals surface area contributed by atoms with Crippen molar-refractivity contribution in [2.24, 2.45) is 0 Å². The molecule has 2 N–H and O–H groups in total. The molecule has 20 heavy (non-hydrogen) atoms. The van der Waals surface area contributed by atoms with E-state index < -0.39 is 16.5 Å². The molecule has 2 aliphatic rings. The summed E-state index contributed by atoms with van der Waals surface area (Å²) in [6.07, 6.45) is 7.03. The molecule has 0 radical (unpaired) electrons. The Morgan fingerprint density at radius 2 is 1.35 bits per heavy atom. The summed E-state index contributed by atoms with van der Waals surface area (Å²) in [5, 5.41) is 6.92. The van der Waals surface area contributed by atoms with Crippen molar-refractivity contribution < 1.29 is 26.0 Å². The average Bonchev–Trinajstić information content (AvgIpc) is 3.11. The molecular formula is C13H26Cl2N2O2Pt. The average molecular weight is 508 g/mol. The Labute approximate surface area is 139 Å². The van der Waals surface area contributed by atoms with Gasteiger partial charge in [0, 0.05) is 26.3 Å². The summed E-state index contributed by atoms with van der Waals surface area (Å²) in [7, 11) is 9.75. The molecule has 2 fully saturated rings. The molecule has 4 nitrogen and oxygen atoms in total. The van der Waals surface area contributed by atoms with Crippen LogP contribution >= 0.6 is 18.8 Å². The van der Waals surface area contributed by atoms with Gasteiger partial charge >= 0.3 is 35.3 Å². The third-order valence-corrected chi connectivity index (χ3v) is 3.50. The van der Waals surface area contributed by atoms with Gasteiger partial charge in [-0.2, -0.15) is 0 Å². The van der Waals surface area contributed by atoms with E-state index in [-0.39, 0.29) is 0 Å². The summed E-state index contributed by atoms with van der Waals surface area (Å²) in [6.45, 7) is 6.11. The standard InChI is InChI=1S/C13H26N2O2.2ClH.Pt/c1-4-12(16-8-1)10-14-6-3-7-15-11-13-5-2-9-17-13;;;/h12-15H,1-11H2;2*1H;/q;;;+2/p-2. The van der Waals surface area contributed by atoms with Gasteiger partial charge in [0.15, 0.2) is 0 Å². The topological polar surface area (TPSA) is 42.5 Å². The van der Waals surface area contributed by atoms with Gasteiger partial charge in [0.1, 0.15) is 0 Å². The van der Waals surface area contributed by atoms with E-state index in [0.717, 1.165) is 39.4 Å². The van der Waals surface area contributed by atoms with Gasteiger partial charge in [-0.3, -0.25) is 0 Å². The zero-order chi connectivity index (χ0) is 14.5. The normalized spacial score (nSPS) is 25.7. The van der Waals surface area contributed by atoms with Crippen LogP contribution in [0.3, 0.4) is 0 Å². The molecule has 2 unspecified atom stereocenters. The Hall–Kier alpha value is 1.11. The Morgan fingerprint density at radius 1 is 0.900 bits per heavy atom. The molecule has 124 valence electrons. The van der Waals surface area contributed by atoms with Crippen LogP contribution in [0.15, 0.2) is 0 Å². The summed E-state index contributed by atoms with van der Waals surface area (Å²) in [6, 6.07) is 0. The number of hydrogen-bond acceptors (Lipinski definition) is 4. The van der Waals surface area contributed by atoms with Crippen LogP contribution in [0.5, 0.6) is 0 Å². The van der Waals surface area contributed by atoms with E-state index in [1.807, 2.05) is 0 Å². The molecule has 0 aromatic carbocycles. The third-order valence-electron chi connectivity index (χ3n) is 3.50. The van der Waals surface area contributed by atoms with Gasteiger partial charge in [-0.05, 0) is 45.2 Å². The van der Waals surface area contributed by atoms with Crippen LogP contribution in [0.1, 0.15) is 32.1 Å². The molecule has 2 rings (SSSR count). The Kier molecular flexibility index (Phi) is 13.2. The SMILES string of the molecule is C(CNCC1CCCO1)CNCC1CCCO1.[Cl][Pt][Cl]. The Balaban J connectivity index is 0.000000612. The fourth-order valence-corrected chi connectivity index (χ4v) is 2.48. The van der Waals surface area contributed by atoms with E-state index in [9.17, 15) is 0 Å². The molecule has 7 heteroatoms. The van der Waals surface area contributed by atoms with Crippen molar-refractivity contribution in [1.29, 1.82) is 0 Å². The van der Waals surface area contributed by atoms with Gasteiger partial charge in [-0.15, -0.1) is 0 Å². The minimum atomic E-state index is -0.472. The van der Waals surface area contributed by atoms with Crippen molar-refractivity contribution in [3.05, 3.63) is 0 Å². The van der Waals surface area contributed by atoms with Crippen LogP contribution in [-0.2, 0) is 26.0 Å². The maximum atomic E-state index is 5.55. The van der Waals surface area contributed by atoms with Gasteiger partial charge in [-0.25, -0.2) is 0 Å². The monoisotopic (exact) mass is 507 g/mol. The molecular weight excluding hydrogens is 482 g/mol. The van der Waals surface area contributed by atoms with E-state index in [1.165, 1.54) is 32.1 Å². The molecule has 0 amide bonds. The van der Waals surface area contributed by atoms with Crippen LogP contribution in [0.4, 0.5) is 0 Å².